The molecule has 3 aromatic rings. The second-order valence-electron chi connectivity index (χ2n) is 8.32. The number of rotatable bonds is 3. The first-order valence-corrected chi connectivity index (χ1v) is 10.0. The molecule has 34 heavy (non-hydrogen) atoms. The highest BCUT2D eigenvalue weighted by Gasteiger charge is 2.36. The molecule has 0 fully saturated rings. The lowest BCUT2D eigenvalue weighted by Gasteiger charge is -2.21. The Balaban J connectivity index is 2.37. The van der Waals surface area contributed by atoms with E-state index >= 15 is 0 Å². The van der Waals surface area contributed by atoms with Crippen LogP contribution < -0.4 is 16.4 Å². The average Bonchev–Trinajstić information content (AvgIpc) is 2.65. The minimum absolute atomic E-state index is 0.0650. The molecule has 180 valence electrons. The molecule has 0 unspecified atom stereocenters. The molecule has 3 aromatic carbocycles. The lowest BCUT2D eigenvalue weighted by molar-refractivity contribution is -0.138. The van der Waals surface area contributed by atoms with E-state index in [9.17, 15) is 39.5 Å². The van der Waals surface area contributed by atoms with Crippen LogP contribution in [0.1, 0.15) is 33.4 Å². The summed E-state index contributed by atoms with van der Waals surface area (Å²) in [6, 6.07) is 8.93. The van der Waals surface area contributed by atoms with E-state index in [1.54, 1.807) is 0 Å². The Hall–Kier alpha value is -2.91. The van der Waals surface area contributed by atoms with Crippen LogP contribution in [0.15, 0.2) is 54.6 Å². The molecule has 0 saturated heterocycles. The molecule has 3 rings (SSSR count). The zero-order valence-electron chi connectivity index (χ0n) is 18.2. The third-order valence-corrected chi connectivity index (χ3v) is 5.28. The highest BCUT2D eigenvalue weighted by Crippen LogP contribution is 2.32. The lowest BCUT2D eigenvalue weighted by atomic mass is 9.36. The third-order valence-electron chi connectivity index (χ3n) is 5.28. The van der Waals surface area contributed by atoms with Gasteiger partial charge in [-0.2, -0.15) is 39.5 Å². The van der Waals surface area contributed by atoms with Crippen molar-refractivity contribution in [2.45, 2.75) is 39.3 Å². The fourth-order valence-corrected chi connectivity index (χ4v) is 4.01. The smallest absolute Gasteiger partial charge is 0.166 e. The van der Waals surface area contributed by atoms with Crippen LogP contribution in [-0.4, -0.2) is 6.71 Å². The molecule has 0 N–H and O–H groups in total. The Kier molecular flexibility index (Phi) is 6.58. The topological polar surface area (TPSA) is 0 Å². The second kappa shape index (κ2) is 8.71. The van der Waals surface area contributed by atoms with E-state index in [0.29, 0.717) is 0 Å². The van der Waals surface area contributed by atoms with Crippen LogP contribution in [0.4, 0.5) is 39.5 Å². The first-order valence-electron chi connectivity index (χ1n) is 10.0. The van der Waals surface area contributed by atoms with Crippen molar-refractivity contribution in [1.82, 2.24) is 0 Å². The number of halogens is 9. The van der Waals surface area contributed by atoms with Crippen LogP contribution in [0.3, 0.4) is 0 Å². The molecule has 0 saturated carbocycles. The fraction of sp³-hybridized carbons (Fsp3) is 0.250. The van der Waals surface area contributed by atoms with E-state index in [1.807, 2.05) is 0 Å². The molecule has 0 radical (unpaired) electrons. The molecule has 0 aliphatic heterocycles. The summed E-state index contributed by atoms with van der Waals surface area (Å²) >= 11 is 0. The monoisotopic (exact) mass is 488 g/mol. The van der Waals surface area contributed by atoms with E-state index in [1.165, 1.54) is 39.0 Å². The molecule has 10 heteroatoms. The van der Waals surface area contributed by atoms with E-state index in [0.717, 1.165) is 36.4 Å². The summed E-state index contributed by atoms with van der Waals surface area (Å²) in [5.41, 5.74) is -2.81. The predicted molar refractivity (Wildman–Crippen MR) is 113 cm³/mol. The van der Waals surface area contributed by atoms with Crippen LogP contribution in [-0.2, 0) is 18.5 Å². The van der Waals surface area contributed by atoms with Crippen LogP contribution >= 0.6 is 0 Å². The number of alkyl halides is 9. The molecular weight excluding hydrogens is 470 g/mol. The van der Waals surface area contributed by atoms with Gasteiger partial charge in [0.15, 0.2) is 0 Å². The van der Waals surface area contributed by atoms with E-state index < -0.39 is 41.9 Å². The second-order valence-corrected chi connectivity index (χ2v) is 8.32. The minimum atomic E-state index is -4.75. The number of hydrogen-bond donors (Lipinski definition) is 0. The van der Waals surface area contributed by atoms with Gasteiger partial charge in [0.2, 0.25) is 6.71 Å². The number of aryl methyl sites for hydroxylation is 3. The molecule has 0 aliphatic carbocycles. The van der Waals surface area contributed by atoms with Gasteiger partial charge in [-0.15, -0.1) is 0 Å². The van der Waals surface area contributed by atoms with Gasteiger partial charge in [0, 0.05) is 0 Å². The Morgan fingerprint density at radius 1 is 0.412 bits per heavy atom. The molecule has 0 aromatic heterocycles. The number of hydrogen-bond acceptors (Lipinski definition) is 0. The van der Waals surface area contributed by atoms with E-state index in [-0.39, 0.29) is 33.1 Å². The van der Waals surface area contributed by atoms with Gasteiger partial charge in [-0.1, -0.05) is 69.5 Å². The van der Waals surface area contributed by atoms with Gasteiger partial charge in [0.05, 0.1) is 16.7 Å². The van der Waals surface area contributed by atoms with Gasteiger partial charge in [0.1, 0.15) is 0 Å². The maximum atomic E-state index is 13.5. The van der Waals surface area contributed by atoms with Crippen LogP contribution in [0.2, 0.25) is 0 Å². The first-order chi connectivity index (χ1) is 15.4. The van der Waals surface area contributed by atoms with Crippen molar-refractivity contribution in [3.8, 4) is 0 Å². The van der Waals surface area contributed by atoms with Crippen LogP contribution in [0.25, 0.3) is 0 Å². The normalized spacial score (nSPS) is 12.7. The Morgan fingerprint density at radius 2 is 0.647 bits per heavy atom. The summed E-state index contributed by atoms with van der Waals surface area (Å²) in [5.74, 6) is 0. The van der Waals surface area contributed by atoms with Gasteiger partial charge in [-0.05, 0) is 39.0 Å². The summed E-state index contributed by atoms with van der Waals surface area (Å²) in [7, 11) is 0. The van der Waals surface area contributed by atoms with Crippen molar-refractivity contribution in [3.63, 3.8) is 0 Å². The minimum Gasteiger partial charge on any atom is -0.166 e. The van der Waals surface area contributed by atoms with E-state index in [4.69, 9.17) is 0 Å². The van der Waals surface area contributed by atoms with Crippen molar-refractivity contribution < 1.29 is 39.5 Å². The first kappa shape index (κ1) is 25.7. The largest absolute Gasteiger partial charge is 0.416 e. The highest BCUT2D eigenvalue weighted by molar-refractivity contribution is 6.95. The molecule has 0 atom stereocenters. The average molecular weight is 488 g/mol. The fourth-order valence-electron chi connectivity index (χ4n) is 4.01. The summed E-state index contributed by atoms with van der Waals surface area (Å²) in [5, 5.41) is 0. The van der Waals surface area contributed by atoms with Gasteiger partial charge in [-0.25, -0.2) is 0 Å². The van der Waals surface area contributed by atoms with Gasteiger partial charge >= 0.3 is 18.5 Å². The Labute approximate surface area is 190 Å². The van der Waals surface area contributed by atoms with Crippen molar-refractivity contribution >= 4 is 23.1 Å². The van der Waals surface area contributed by atoms with Crippen LogP contribution in [0.5, 0.6) is 0 Å². The number of benzene rings is 3. The third kappa shape index (κ3) is 5.77. The quantitative estimate of drug-likeness (QED) is 0.305. The molecular formula is C24H18BF9. The van der Waals surface area contributed by atoms with Gasteiger partial charge in [-0.3, -0.25) is 0 Å². The summed E-state index contributed by atoms with van der Waals surface area (Å²) < 4.78 is 121. The predicted octanol–water partition coefficient (Wildman–Crippen LogP) is 6.18. The van der Waals surface area contributed by atoms with Crippen molar-refractivity contribution in [2.24, 2.45) is 0 Å². The summed E-state index contributed by atoms with van der Waals surface area (Å²) in [4.78, 5) is 0. The van der Waals surface area contributed by atoms with E-state index in [2.05, 4.69) is 0 Å². The van der Waals surface area contributed by atoms with Crippen LogP contribution in [0, 0.1) is 20.8 Å². The molecule has 0 spiro atoms. The van der Waals surface area contributed by atoms with Gasteiger partial charge in [0.25, 0.3) is 0 Å². The summed E-state index contributed by atoms with van der Waals surface area (Å²) in [6.07, 6.45) is -14.3. The SMILES string of the molecule is Cc1cc(B(c2cc(C)cc(C(F)(F)F)c2)c2cc(C)cc(C(F)(F)F)c2)cc(C(F)(F)F)c1. The zero-order valence-corrected chi connectivity index (χ0v) is 18.2. The lowest BCUT2D eigenvalue weighted by Crippen LogP contribution is -2.53. The molecule has 0 nitrogen and oxygen atoms in total. The standard InChI is InChI=1S/C24H18BF9/c1-13-4-16(22(26,27)28)10-19(7-13)25(20-8-14(2)5-17(11-20)23(29,30)31)21-9-15(3)6-18(12-21)24(32,33)34/h4-12H,1-3H3. The van der Waals surface area contributed by atoms with Crippen molar-refractivity contribution in [2.75, 3.05) is 0 Å². The Morgan fingerprint density at radius 3 is 0.853 bits per heavy atom. The maximum Gasteiger partial charge on any atom is 0.416 e. The van der Waals surface area contributed by atoms with Crippen molar-refractivity contribution in [3.05, 3.63) is 88.0 Å². The summed E-state index contributed by atoms with van der Waals surface area (Å²) in [6.45, 7) is 2.84. The Bertz CT molecular complexity index is 1050. The van der Waals surface area contributed by atoms with Gasteiger partial charge < -0.3 is 0 Å². The molecule has 0 bridgehead atoms. The van der Waals surface area contributed by atoms with Crippen molar-refractivity contribution in [1.29, 1.82) is 0 Å². The zero-order chi connectivity index (χ0) is 25.6. The molecule has 0 aliphatic rings. The molecule has 0 heterocycles. The maximum absolute atomic E-state index is 13.5. The molecule has 0 amide bonds. The highest BCUT2D eigenvalue weighted by atomic mass is 19.4.